The van der Waals surface area contributed by atoms with E-state index in [1.54, 1.807) is 0 Å². The van der Waals surface area contributed by atoms with Gasteiger partial charge in [-0.1, -0.05) is 41.5 Å². The van der Waals surface area contributed by atoms with Gasteiger partial charge in [0.05, 0.1) is 0 Å². The second-order valence-electron chi connectivity index (χ2n) is 7.72. The average Bonchev–Trinajstić information content (AvgIpc) is 2.28. The molecule has 1 aliphatic rings. The van der Waals surface area contributed by atoms with Gasteiger partial charge in [0, 0.05) is 6.04 Å². The summed E-state index contributed by atoms with van der Waals surface area (Å²) in [5, 5.41) is 3.82. The van der Waals surface area contributed by atoms with Gasteiger partial charge in [-0.05, 0) is 61.8 Å². The molecule has 0 aromatic rings. The van der Waals surface area contributed by atoms with Crippen molar-refractivity contribution in [3.05, 3.63) is 0 Å². The van der Waals surface area contributed by atoms with Gasteiger partial charge in [-0.25, -0.2) is 0 Å². The van der Waals surface area contributed by atoms with Gasteiger partial charge in [0.1, 0.15) is 0 Å². The van der Waals surface area contributed by atoms with Crippen molar-refractivity contribution in [2.45, 2.75) is 79.7 Å². The molecule has 108 valence electrons. The lowest BCUT2D eigenvalue weighted by molar-refractivity contribution is 0.126. The van der Waals surface area contributed by atoms with Crippen LogP contribution in [0.15, 0.2) is 0 Å². The van der Waals surface area contributed by atoms with Gasteiger partial charge in [-0.15, -0.1) is 0 Å². The molecule has 0 spiro atoms. The van der Waals surface area contributed by atoms with Crippen LogP contribution in [0.25, 0.3) is 0 Å². The predicted molar refractivity (Wildman–Crippen MR) is 81.8 cm³/mol. The fraction of sp³-hybridized carbons (Fsp3) is 1.00. The summed E-state index contributed by atoms with van der Waals surface area (Å²) in [7, 11) is 0. The molecule has 1 heteroatoms. The molecular weight excluding hydrogens is 218 g/mol. The summed E-state index contributed by atoms with van der Waals surface area (Å²) >= 11 is 0. The molecule has 1 saturated carbocycles. The van der Waals surface area contributed by atoms with Crippen molar-refractivity contribution < 1.29 is 0 Å². The monoisotopic (exact) mass is 253 g/mol. The van der Waals surface area contributed by atoms with Crippen LogP contribution >= 0.6 is 0 Å². The maximum Gasteiger partial charge on any atom is 0.0144 e. The van der Waals surface area contributed by atoms with Crippen LogP contribution in [0.1, 0.15) is 73.6 Å². The molecule has 0 amide bonds. The minimum absolute atomic E-state index is 0.393. The summed E-state index contributed by atoms with van der Waals surface area (Å²) in [4.78, 5) is 0. The van der Waals surface area contributed by atoms with Gasteiger partial charge < -0.3 is 5.32 Å². The van der Waals surface area contributed by atoms with E-state index < -0.39 is 0 Å². The van der Waals surface area contributed by atoms with E-state index >= 15 is 0 Å². The summed E-state index contributed by atoms with van der Waals surface area (Å²) in [6.45, 7) is 15.4. The average molecular weight is 253 g/mol. The molecule has 0 heterocycles. The SMILES string of the molecule is CCCNC(C1CCC(C(C)C)CC1)C(C)(C)C. The lowest BCUT2D eigenvalue weighted by Crippen LogP contribution is -2.47. The van der Waals surface area contributed by atoms with Crippen LogP contribution in [0.2, 0.25) is 0 Å². The van der Waals surface area contributed by atoms with Crippen molar-refractivity contribution in [3.8, 4) is 0 Å². The quantitative estimate of drug-likeness (QED) is 0.737. The standard InChI is InChI=1S/C17H35N/c1-7-12-18-16(17(4,5)6)15-10-8-14(9-11-15)13(2)3/h13-16,18H,7-12H2,1-6H3. The Bertz CT molecular complexity index is 218. The van der Waals surface area contributed by atoms with Gasteiger partial charge in [0.2, 0.25) is 0 Å². The Hall–Kier alpha value is -0.0400. The number of nitrogens with one attached hydrogen (secondary N) is 1. The van der Waals surface area contributed by atoms with Crippen LogP contribution in [0.4, 0.5) is 0 Å². The van der Waals surface area contributed by atoms with E-state index in [0.29, 0.717) is 11.5 Å². The minimum atomic E-state index is 0.393. The number of hydrogen-bond acceptors (Lipinski definition) is 1. The second kappa shape index (κ2) is 6.93. The summed E-state index contributed by atoms with van der Waals surface area (Å²) in [6, 6.07) is 0.700. The lowest BCUT2D eigenvalue weighted by atomic mass is 9.69. The van der Waals surface area contributed by atoms with E-state index in [0.717, 1.165) is 17.8 Å². The first-order chi connectivity index (χ1) is 8.36. The topological polar surface area (TPSA) is 12.0 Å². The van der Waals surface area contributed by atoms with Crippen molar-refractivity contribution in [1.82, 2.24) is 5.32 Å². The zero-order chi connectivity index (χ0) is 13.8. The third-order valence-corrected chi connectivity index (χ3v) is 4.78. The smallest absolute Gasteiger partial charge is 0.0144 e. The molecule has 1 fully saturated rings. The van der Waals surface area contributed by atoms with Crippen LogP contribution < -0.4 is 5.32 Å². The maximum absolute atomic E-state index is 3.82. The molecule has 0 aromatic heterocycles. The molecular formula is C17H35N. The van der Waals surface area contributed by atoms with Gasteiger partial charge in [0.25, 0.3) is 0 Å². The third-order valence-electron chi connectivity index (χ3n) is 4.78. The first-order valence-corrected chi connectivity index (χ1v) is 8.09. The minimum Gasteiger partial charge on any atom is -0.313 e. The summed E-state index contributed by atoms with van der Waals surface area (Å²) in [5.74, 6) is 2.75. The van der Waals surface area contributed by atoms with Crippen molar-refractivity contribution in [1.29, 1.82) is 0 Å². The van der Waals surface area contributed by atoms with Crippen LogP contribution in [0, 0.1) is 23.2 Å². The second-order valence-corrected chi connectivity index (χ2v) is 7.72. The van der Waals surface area contributed by atoms with Crippen LogP contribution in [-0.4, -0.2) is 12.6 Å². The molecule has 1 unspecified atom stereocenters. The highest BCUT2D eigenvalue weighted by molar-refractivity contribution is 4.89. The molecule has 0 aromatic carbocycles. The third kappa shape index (κ3) is 4.57. The predicted octanol–water partition coefficient (Wildman–Crippen LogP) is 4.86. The first-order valence-electron chi connectivity index (χ1n) is 8.09. The Labute approximate surface area is 115 Å². The summed E-state index contributed by atoms with van der Waals surface area (Å²) < 4.78 is 0. The van der Waals surface area contributed by atoms with Crippen LogP contribution in [0.5, 0.6) is 0 Å². The molecule has 18 heavy (non-hydrogen) atoms. The number of rotatable bonds is 5. The van der Waals surface area contributed by atoms with E-state index in [9.17, 15) is 0 Å². The highest BCUT2D eigenvalue weighted by Gasteiger charge is 2.34. The Morgan fingerprint density at radius 3 is 1.89 bits per heavy atom. The molecule has 0 saturated heterocycles. The van der Waals surface area contributed by atoms with E-state index in [-0.39, 0.29) is 0 Å². The molecule has 1 rings (SSSR count). The van der Waals surface area contributed by atoms with Gasteiger partial charge in [0.15, 0.2) is 0 Å². The molecule has 1 atom stereocenters. The van der Waals surface area contributed by atoms with Crippen molar-refractivity contribution in [2.24, 2.45) is 23.2 Å². The van der Waals surface area contributed by atoms with E-state index in [2.05, 4.69) is 46.9 Å². The highest BCUT2D eigenvalue weighted by Crippen LogP contribution is 2.39. The van der Waals surface area contributed by atoms with Gasteiger partial charge >= 0.3 is 0 Å². The first kappa shape index (κ1) is 16.0. The molecule has 1 N–H and O–H groups in total. The zero-order valence-electron chi connectivity index (χ0n) is 13.6. The Morgan fingerprint density at radius 1 is 1.00 bits per heavy atom. The van der Waals surface area contributed by atoms with E-state index in [1.807, 2.05) is 0 Å². The lowest BCUT2D eigenvalue weighted by Gasteiger charge is -2.42. The Morgan fingerprint density at radius 2 is 1.50 bits per heavy atom. The van der Waals surface area contributed by atoms with Gasteiger partial charge in [-0.2, -0.15) is 0 Å². The Kier molecular flexibility index (Phi) is 6.17. The van der Waals surface area contributed by atoms with E-state index in [1.165, 1.54) is 38.6 Å². The largest absolute Gasteiger partial charge is 0.313 e. The van der Waals surface area contributed by atoms with E-state index in [4.69, 9.17) is 0 Å². The molecule has 0 radical (unpaired) electrons. The Balaban J connectivity index is 2.55. The van der Waals surface area contributed by atoms with Crippen LogP contribution in [0.3, 0.4) is 0 Å². The summed E-state index contributed by atoms with van der Waals surface area (Å²) in [5.41, 5.74) is 0.393. The summed E-state index contributed by atoms with van der Waals surface area (Å²) in [6.07, 6.45) is 7.00. The normalized spacial score (nSPS) is 27.5. The van der Waals surface area contributed by atoms with Crippen molar-refractivity contribution in [3.63, 3.8) is 0 Å². The maximum atomic E-state index is 3.82. The molecule has 0 bridgehead atoms. The van der Waals surface area contributed by atoms with Crippen molar-refractivity contribution in [2.75, 3.05) is 6.54 Å². The fourth-order valence-corrected chi connectivity index (χ4v) is 3.62. The molecule has 1 nitrogen and oxygen atoms in total. The fourth-order valence-electron chi connectivity index (χ4n) is 3.62. The molecule has 0 aliphatic heterocycles. The number of hydrogen-bond donors (Lipinski definition) is 1. The van der Waals surface area contributed by atoms with Gasteiger partial charge in [-0.3, -0.25) is 0 Å². The highest BCUT2D eigenvalue weighted by atomic mass is 14.9. The molecule has 1 aliphatic carbocycles. The van der Waals surface area contributed by atoms with Crippen LogP contribution in [-0.2, 0) is 0 Å². The zero-order valence-corrected chi connectivity index (χ0v) is 13.6. The van der Waals surface area contributed by atoms with Crippen molar-refractivity contribution >= 4 is 0 Å².